The quantitative estimate of drug-likeness (QED) is 0.830. The van der Waals surface area contributed by atoms with Gasteiger partial charge in [0.25, 0.3) is 10.0 Å². The fraction of sp³-hybridized carbons (Fsp3) is 0.667. The monoisotopic (exact) mass is 263 g/mol. The largest absolute Gasteiger partial charge is 0.332 e. The second-order valence-corrected chi connectivity index (χ2v) is 6.37. The lowest BCUT2D eigenvalue weighted by molar-refractivity contribution is 0.485. The number of aromatic nitrogens is 2. The summed E-state index contributed by atoms with van der Waals surface area (Å²) in [5.74, 6) is 1.47. The molecule has 1 rings (SSSR count). The topological polar surface area (TPSA) is 66.1 Å². The zero-order valence-electron chi connectivity index (χ0n) is 9.73. The summed E-state index contributed by atoms with van der Waals surface area (Å²) in [6.45, 7) is 2.43. The van der Waals surface area contributed by atoms with Gasteiger partial charge < -0.3 is 4.98 Å². The van der Waals surface area contributed by atoms with Gasteiger partial charge in [0.15, 0.2) is 5.03 Å². The highest BCUT2D eigenvalue weighted by Gasteiger charge is 2.22. The van der Waals surface area contributed by atoms with Gasteiger partial charge in [-0.2, -0.15) is 16.1 Å². The van der Waals surface area contributed by atoms with E-state index in [0.29, 0.717) is 18.8 Å². The molecule has 5 nitrogen and oxygen atoms in total. The van der Waals surface area contributed by atoms with Crippen LogP contribution in [0.25, 0.3) is 0 Å². The Morgan fingerprint density at radius 3 is 2.75 bits per heavy atom. The molecule has 16 heavy (non-hydrogen) atoms. The van der Waals surface area contributed by atoms with Crippen molar-refractivity contribution in [2.75, 3.05) is 25.6 Å². The van der Waals surface area contributed by atoms with Crippen LogP contribution in [0.15, 0.2) is 11.2 Å². The van der Waals surface area contributed by atoms with Crippen LogP contribution >= 0.6 is 11.8 Å². The lowest BCUT2D eigenvalue weighted by atomic mass is 10.5. The van der Waals surface area contributed by atoms with Gasteiger partial charge in [-0.05, 0) is 6.26 Å². The summed E-state index contributed by atoms with van der Waals surface area (Å²) in [4.78, 5) is 6.81. The molecule has 0 bridgehead atoms. The van der Waals surface area contributed by atoms with E-state index in [4.69, 9.17) is 0 Å². The molecular formula is C9H17N3O2S2. The number of hydrogen-bond donors (Lipinski definition) is 1. The van der Waals surface area contributed by atoms with Gasteiger partial charge in [-0.25, -0.2) is 13.4 Å². The van der Waals surface area contributed by atoms with E-state index in [9.17, 15) is 8.42 Å². The maximum Gasteiger partial charge on any atom is 0.259 e. The number of sulfonamides is 1. The molecule has 1 aromatic rings. The highest BCUT2D eigenvalue weighted by molar-refractivity contribution is 7.98. The van der Waals surface area contributed by atoms with Crippen LogP contribution in [0, 0.1) is 0 Å². The molecule has 0 aliphatic carbocycles. The molecule has 0 unspecified atom stereocenters. The second kappa shape index (κ2) is 5.70. The van der Waals surface area contributed by atoms with E-state index >= 15 is 0 Å². The minimum Gasteiger partial charge on any atom is -0.332 e. The van der Waals surface area contributed by atoms with Crippen LogP contribution in [0.4, 0.5) is 0 Å². The summed E-state index contributed by atoms with van der Waals surface area (Å²) in [6, 6.07) is 0. The van der Waals surface area contributed by atoms with E-state index in [2.05, 4.69) is 9.97 Å². The van der Waals surface area contributed by atoms with Crippen molar-refractivity contribution in [2.45, 2.75) is 18.4 Å². The standard InChI is InChI=1S/C9H17N3O2S2/c1-4-8-10-7-9(11-8)16(13,14)12(2)5-6-15-3/h7H,4-6H2,1-3H3,(H,10,11). The molecule has 92 valence electrons. The number of thioether (sulfide) groups is 1. The molecule has 0 atom stereocenters. The molecule has 0 aliphatic heterocycles. The minimum atomic E-state index is -3.40. The molecule has 0 aliphatic rings. The van der Waals surface area contributed by atoms with Gasteiger partial charge >= 0.3 is 0 Å². The summed E-state index contributed by atoms with van der Waals surface area (Å²) in [6.07, 6.45) is 4.03. The van der Waals surface area contributed by atoms with Crippen LogP contribution in [-0.2, 0) is 16.4 Å². The van der Waals surface area contributed by atoms with Crippen molar-refractivity contribution < 1.29 is 8.42 Å². The molecule has 0 saturated carbocycles. The van der Waals surface area contributed by atoms with Gasteiger partial charge in [-0.3, -0.25) is 0 Å². The van der Waals surface area contributed by atoms with Crippen LogP contribution in [0.2, 0.25) is 0 Å². The van der Waals surface area contributed by atoms with E-state index in [1.165, 1.54) is 10.5 Å². The van der Waals surface area contributed by atoms with Crippen LogP contribution in [0.5, 0.6) is 0 Å². The fourth-order valence-electron chi connectivity index (χ4n) is 1.16. The van der Waals surface area contributed by atoms with Crippen molar-refractivity contribution in [1.82, 2.24) is 14.3 Å². The van der Waals surface area contributed by atoms with Gasteiger partial charge in [-0.15, -0.1) is 0 Å². The lowest BCUT2D eigenvalue weighted by Crippen LogP contribution is -2.29. The summed E-state index contributed by atoms with van der Waals surface area (Å²) in [5.41, 5.74) is 0. The molecule has 0 fully saturated rings. The van der Waals surface area contributed by atoms with Gasteiger partial charge in [0.2, 0.25) is 0 Å². The number of H-pyrrole nitrogens is 1. The number of imidazole rings is 1. The third-order valence-corrected chi connectivity index (χ3v) is 4.60. The second-order valence-electron chi connectivity index (χ2n) is 3.37. The first kappa shape index (κ1) is 13.5. The fourth-order valence-corrected chi connectivity index (χ4v) is 2.83. The number of aryl methyl sites for hydroxylation is 1. The molecule has 7 heteroatoms. The zero-order chi connectivity index (χ0) is 12.2. The predicted molar refractivity (Wildman–Crippen MR) is 66.2 cm³/mol. The minimum absolute atomic E-state index is 0.174. The van der Waals surface area contributed by atoms with Gasteiger partial charge in [0.05, 0.1) is 6.20 Å². The van der Waals surface area contributed by atoms with E-state index in [0.717, 1.165) is 5.75 Å². The van der Waals surface area contributed by atoms with Crippen molar-refractivity contribution in [3.63, 3.8) is 0 Å². The Labute approximate surface area is 101 Å². The van der Waals surface area contributed by atoms with Crippen molar-refractivity contribution >= 4 is 21.8 Å². The molecule has 0 amide bonds. The highest BCUT2D eigenvalue weighted by atomic mass is 32.2. The number of aromatic amines is 1. The van der Waals surface area contributed by atoms with E-state index in [-0.39, 0.29) is 5.03 Å². The average molecular weight is 263 g/mol. The first-order valence-electron chi connectivity index (χ1n) is 5.01. The predicted octanol–water partition coefficient (Wildman–Crippen LogP) is 0.956. The van der Waals surface area contributed by atoms with E-state index in [1.807, 2.05) is 13.2 Å². The Balaban J connectivity index is 2.84. The Hall–Kier alpha value is -0.530. The Morgan fingerprint density at radius 1 is 1.56 bits per heavy atom. The van der Waals surface area contributed by atoms with Crippen LogP contribution in [0.3, 0.4) is 0 Å². The lowest BCUT2D eigenvalue weighted by Gasteiger charge is -2.14. The average Bonchev–Trinajstić information content (AvgIpc) is 2.74. The van der Waals surface area contributed by atoms with Crippen LogP contribution in [-0.4, -0.2) is 48.3 Å². The molecule has 1 aromatic heterocycles. The first-order valence-corrected chi connectivity index (χ1v) is 7.85. The van der Waals surface area contributed by atoms with E-state index in [1.54, 1.807) is 18.8 Å². The Bertz CT molecular complexity index is 428. The summed E-state index contributed by atoms with van der Waals surface area (Å²) in [7, 11) is -1.82. The molecule has 1 heterocycles. The summed E-state index contributed by atoms with van der Waals surface area (Å²) >= 11 is 1.62. The van der Waals surface area contributed by atoms with Gasteiger partial charge in [-0.1, -0.05) is 6.92 Å². The third-order valence-electron chi connectivity index (χ3n) is 2.24. The van der Waals surface area contributed by atoms with Crippen molar-refractivity contribution in [3.8, 4) is 0 Å². The molecule has 0 radical (unpaired) electrons. The van der Waals surface area contributed by atoms with Gasteiger partial charge in [0, 0.05) is 25.8 Å². The normalized spacial score (nSPS) is 12.2. The molecule has 0 saturated heterocycles. The smallest absolute Gasteiger partial charge is 0.259 e. The SMILES string of the molecule is CCc1ncc(S(=O)(=O)N(C)CCSC)[nH]1. The van der Waals surface area contributed by atoms with Crippen molar-refractivity contribution in [2.24, 2.45) is 0 Å². The molecular weight excluding hydrogens is 246 g/mol. The Kier molecular flexibility index (Phi) is 4.82. The zero-order valence-corrected chi connectivity index (χ0v) is 11.4. The van der Waals surface area contributed by atoms with E-state index < -0.39 is 10.0 Å². The van der Waals surface area contributed by atoms with Crippen molar-refractivity contribution in [3.05, 3.63) is 12.0 Å². The summed E-state index contributed by atoms with van der Waals surface area (Å²) in [5, 5.41) is 0.174. The molecule has 1 N–H and O–H groups in total. The Morgan fingerprint density at radius 2 is 2.25 bits per heavy atom. The molecule has 0 aromatic carbocycles. The third kappa shape index (κ3) is 2.99. The number of rotatable bonds is 6. The summed E-state index contributed by atoms with van der Waals surface area (Å²) < 4.78 is 25.4. The first-order chi connectivity index (χ1) is 7.52. The number of hydrogen-bond acceptors (Lipinski definition) is 4. The highest BCUT2D eigenvalue weighted by Crippen LogP contribution is 2.12. The molecule has 0 spiro atoms. The maximum atomic E-state index is 12.0. The van der Waals surface area contributed by atoms with Gasteiger partial charge in [0.1, 0.15) is 5.82 Å². The number of nitrogens with zero attached hydrogens (tertiary/aromatic N) is 2. The maximum absolute atomic E-state index is 12.0. The van der Waals surface area contributed by atoms with Crippen LogP contribution < -0.4 is 0 Å². The van der Waals surface area contributed by atoms with Crippen molar-refractivity contribution in [1.29, 1.82) is 0 Å². The van der Waals surface area contributed by atoms with Crippen LogP contribution in [0.1, 0.15) is 12.7 Å². The number of nitrogens with one attached hydrogen (secondary N) is 1.